The van der Waals surface area contributed by atoms with Crippen molar-refractivity contribution in [3.05, 3.63) is 48.3 Å². The highest BCUT2D eigenvalue weighted by Crippen LogP contribution is 2.28. The molecule has 27 heavy (non-hydrogen) atoms. The summed E-state index contributed by atoms with van der Waals surface area (Å²) in [5, 5.41) is 11.0. The fourth-order valence-electron chi connectivity index (χ4n) is 3.02. The first kappa shape index (κ1) is 19.2. The van der Waals surface area contributed by atoms with Gasteiger partial charge in [0.15, 0.2) is 5.82 Å². The summed E-state index contributed by atoms with van der Waals surface area (Å²) in [5.41, 5.74) is 0.717. The lowest BCUT2D eigenvalue weighted by molar-refractivity contribution is -0.116. The molecule has 3 aromatic rings. The van der Waals surface area contributed by atoms with Crippen LogP contribution in [0.4, 0.5) is 5.69 Å². The third-order valence-corrected chi connectivity index (χ3v) is 5.26. The molecule has 142 valence electrons. The van der Waals surface area contributed by atoms with E-state index in [2.05, 4.69) is 22.3 Å². The molecule has 0 saturated carbocycles. The van der Waals surface area contributed by atoms with Crippen LogP contribution >= 0.6 is 11.8 Å². The lowest BCUT2D eigenvalue weighted by Gasteiger charge is -2.22. The molecular formula is C20H25N5OS. The van der Waals surface area contributed by atoms with Gasteiger partial charge in [-0.3, -0.25) is 4.79 Å². The van der Waals surface area contributed by atoms with Gasteiger partial charge in [-0.15, -0.1) is 10.2 Å². The molecule has 0 bridgehead atoms. The van der Waals surface area contributed by atoms with E-state index in [1.54, 1.807) is 4.90 Å². The normalized spacial score (nSPS) is 11.7. The monoisotopic (exact) mass is 383 g/mol. The van der Waals surface area contributed by atoms with Crippen LogP contribution in [0, 0.1) is 0 Å². The number of fused-ring (bicyclic) bond motifs is 1. The molecule has 0 aliphatic carbocycles. The Kier molecular flexibility index (Phi) is 5.41. The Bertz CT molecular complexity index is 955. The molecule has 0 saturated heterocycles. The highest BCUT2D eigenvalue weighted by atomic mass is 32.2. The first-order valence-corrected chi connectivity index (χ1v) is 9.93. The number of anilines is 1. The second-order valence-electron chi connectivity index (χ2n) is 7.35. The Morgan fingerprint density at radius 3 is 2.52 bits per heavy atom. The summed E-state index contributed by atoms with van der Waals surface area (Å²) >= 11 is 1.31. The van der Waals surface area contributed by atoms with Crippen LogP contribution in [0.5, 0.6) is 0 Å². The van der Waals surface area contributed by atoms with Gasteiger partial charge in [-0.1, -0.05) is 68.9 Å². The summed E-state index contributed by atoms with van der Waals surface area (Å²) < 4.78 is 1.48. The summed E-state index contributed by atoms with van der Waals surface area (Å²) in [4.78, 5) is 14.7. The van der Waals surface area contributed by atoms with Crippen molar-refractivity contribution in [2.75, 3.05) is 23.0 Å². The predicted molar refractivity (Wildman–Crippen MR) is 112 cm³/mol. The van der Waals surface area contributed by atoms with Gasteiger partial charge in [0.05, 0.1) is 11.4 Å². The fraction of sp³-hybridized carbons (Fsp3) is 0.350. The Balaban J connectivity index is 1.80. The molecule has 0 unspecified atom stereocenters. The highest BCUT2D eigenvalue weighted by Gasteiger charge is 2.24. The molecule has 6 nitrogen and oxygen atoms in total. The SMILES string of the molecule is CCN(C(=O)CSc1nnc(C(C)(C)C)n1N)c1cccc2ccccc12. The van der Waals surface area contributed by atoms with E-state index in [1.165, 1.54) is 16.4 Å². The van der Waals surface area contributed by atoms with Gasteiger partial charge >= 0.3 is 0 Å². The van der Waals surface area contributed by atoms with Crippen LogP contribution in [-0.2, 0) is 10.2 Å². The van der Waals surface area contributed by atoms with E-state index >= 15 is 0 Å². The Hall–Kier alpha value is -2.54. The quantitative estimate of drug-likeness (QED) is 0.538. The summed E-state index contributed by atoms with van der Waals surface area (Å²) in [7, 11) is 0. The average Bonchev–Trinajstić information content (AvgIpc) is 3.01. The van der Waals surface area contributed by atoms with Gasteiger partial charge in [0, 0.05) is 17.3 Å². The van der Waals surface area contributed by atoms with Crippen LogP contribution in [0.1, 0.15) is 33.5 Å². The number of rotatable bonds is 5. The van der Waals surface area contributed by atoms with Crippen molar-refractivity contribution in [1.82, 2.24) is 14.9 Å². The van der Waals surface area contributed by atoms with Crippen molar-refractivity contribution < 1.29 is 4.79 Å². The van der Waals surface area contributed by atoms with Crippen LogP contribution in [0.25, 0.3) is 10.8 Å². The van der Waals surface area contributed by atoms with Gasteiger partial charge in [-0.25, -0.2) is 4.68 Å². The van der Waals surface area contributed by atoms with Crippen molar-refractivity contribution in [3.63, 3.8) is 0 Å². The summed E-state index contributed by atoms with van der Waals surface area (Å²) in [5.74, 6) is 7.07. The average molecular weight is 384 g/mol. The zero-order chi connectivity index (χ0) is 19.6. The number of hydrogen-bond donors (Lipinski definition) is 1. The highest BCUT2D eigenvalue weighted by molar-refractivity contribution is 7.99. The molecule has 2 aromatic carbocycles. The van der Waals surface area contributed by atoms with Crippen LogP contribution in [-0.4, -0.2) is 33.1 Å². The van der Waals surface area contributed by atoms with Gasteiger partial charge in [-0.05, 0) is 18.4 Å². The molecule has 1 amide bonds. The molecular weight excluding hydrogens is 358 g/mol. The van der Waals surface area contributed by atoms with Crippen molar-refractivity contribution >= 4 is 34.1 Å². The number of amides is 1. The van der Waals surface area contributed by atoms with E-state index in [1.807, 2.05) is 58.0 Å². The summed E-state index contributed by atoms with van der Waals surface area (Å²) in [6.07, 6.45) is 0. The zero-order valence-electron chi connectivity index (χ0n) is 16.1. The number of aromatic nitrogens is 3. The fourth-order valence-corrected chi connectivity index (χ4v) is 3.75. The lowest BCUT2D eigenvalue weighted by Crippen LogP contribution is -2.32. The third-order valence-electron chi connectivity index (χ3n) is 4.33. The van der Waals surface area contributed by atoms with Gasteiger partial charge in [0.1, 0.15) is 0 Å². The molecule has 1 aromatic heterocycles. The minimum absolute atomic E-state index is 0.0131. The third kappa shape index (κ3) is 3.93. The summed E-state index contributed by atoms with van der Waals surface area (Å²) in [6.45, 7) is 8.65. The molecule has 0 atom stereocenters. The van der Waals surface area contributed by atoms with Gasteiger partial charge in [-0.2, -0.15) is 0 Å². The molecule has 0 aliphatic rings. The maximum absolute atomic E-state index is 12.9. The van der Waals surface area contributed by atoms with Crippen LogP contribution in [0.2, 0.25) is 0 Å². The second-order valence-corrected chi connectivity index (χ2v) is 8.29. The van der Waals surface area contributed by atoms with E-state index in [4.69, 9.17) is 5.84 Å². The number of benzene rings is 2. The Labute approximate surface area is 163 Å². The first-order chi connectivity index (χ1) is 12.8. The standard InChI is InChI=1S/C20H25N5OS/c1-5-24(16-12-8-10-14-9-6-7-11-15(14)16)17(26)13-27-19-23-22-18(25(19)21)20(2,3)4/h6-12H,5,13,21H2,1-4H3. The van der Waals surface area contributed by atoms with E-state index < -0.39 is 0 Å². The Morgan fingerprint density at radius 1 is 1.15 bits per heavy atom. The molecule has 0 fully saturated rings. The zero-order valence-corrected chi connectivity index (χ0v) is 17.0. The number of hydrogen-bond acceptors (Lipinski definition) is 5. The van der Waals surface area contributed by atoms with E-state index in [0.29, 0.717) is 17.5 Å². The number of carbonyl (C=O) groups is 1. The van der Waals surface area contributed by atoms with E-state index in [0.717, 1.165) is 16.5 Å². The molecule has 0 aliphatic heterocycles. The van der Waals surface area contributed by atoms with Crippen molar-refractivity contribution in [2.24, 2.45) is 0 Å². The van der Waals surface area contributed by atoms with E-state index in [9.17, 15) is 4.79 Å². The molecule has 1 heterocycles. The minimum Gasteiger partial charge on any atom is -0.336 e. The lowest BCUT2D eigenvalue weighted by atomic mass is 9.96. The smallest absolute Gasteiger partial charge is 0.237 e. The topological polar surface area (TPSA) is 77.0 Å². The van der Waals surface area contributed by atoms with Crippen LogP contribution in [0.3, 0.4) is 0 Å². The number of nitrogens with zero attached hydrogens (tertiary/aromatic N) is 4. The van der Waals surface area contributed by atoms with E-state index in [-0.39, 0.29) is 17.1 Å². The van der Waals surface area contributed by atoms with Crippen molar-refractivity contribution in [1.29, 1.82) is 0 Å². The number of carbonyl (C=O) groups excluding carboxylic acids is 1. The second kappa shape index (κ2) is 7.60. The molecule has 2 N–H and O–H groups in total. The minimum atomic E-state index is -0.205. The molecule has 0 radical (unpaired) electrons. The van der Waals surface area contributed by atoms with Crippen molar-refractivity contribution in [2.45, 2.75) is 38.3 Å². The van der Waals surface area contributed by atoms with Gasteiger partial charge in [0.2, 0.25) is 11.1 Å². The number of thioether (sulfide) groups is 1. The van der Waals surface area contributed by atoms with Gasteiger partial charge < -0.3 is 10.7 Å². The molecule has 3 rings (SSSR count). The molecule has 7 heteroatoms. The largest absolute Gasteiger partial charge is 0.336 e. The number of nitrogens with two attached hydrogens (primary N) is 1. The van der Waals surface area contributed by atoms with Crippen LogP contribution in [0.15, 0.2) is 47.6 Å². The Morgan fingerprint density at radius 2 is 1.85 bits per heavy atom. The van der Waals surface area contributed by atoms with Crippen molar-refractivity contribution in [3.8, 4) is 0 Å². The van der Waals surface area contributed by atoms with Crippen LogP contribution < -0.4 is 10.7 Å². The first-order valence-electron chi connectivity index (χ1n) is 8.95. The predicted octanol–water partition coefficient (Wildman–Crippen LogP) is 3.59. The maximum atomic E-state index is 12.9. The molecule has 0 spiro atoms. The van der Waals surface area contributed by atoms with Gasteiger partial charge in [0.25, 0.3) is 0 Å². The number of nitrogen functional groups attached to an aromatic ring is 1. The summed E-state index contributed by atoms with van der Waals surface area (Å²) in [6, 6.07) is 14.1. The maximum Gasteiger partial charge on any atom is 0.237 e.